The van der Waals surface area contributed by atoms with E-state index in [0.717, 1.165) is 45.2 Å². The number of fused-ring (bicyclic) bond motifs is 1. The Morgan fingerprint density at radius 2 is 1.96 bits per heavy atom. The van der Waals surface area contributed by atoms with Crippen molar-refractivity contribution in [1.29, 1.82) is 0 Å². The van der Waals surface area contributed by atoms with Gasteiger partial charge in [0, 0.05) is 25.4 Å². The van der Waals surface area contributed by atoms with Gasteiger partial charge in [0.15, 0.2) is 0 Å². The van der Waals surface area contributed by atoms with Gasteiger partial charge >= 0.3 is 0 Å². The highest BCUT2D eigenvalue weighted by Crippen LogP contribution is 2.44. The Kier molecular flexibility index (Phi) is 5.00. The number of likely N-dealkylation sites (tertiary alicyclic amines) is 1. The van der Waals surface area contributed by atoms with Crippen LogP contribution in [0.25, 0.3) is 0 Å². The van der Waals surface area contributed by atoms with Crippen molar-refractivity contribution < 1.29 is 9.90 Å². The van der Waals surface area contributed by atoms with Crippen LogP contribution in [-0.4, -0.2) is 34.6 Å². The van der Waals surface area contributed by atoms with Gasteiger partial charge in [-0.2, -0.15) is 0 Å². The molecule has 3 rings (SSSR count). The van der Waals surface area contributed by atoms with Gasteiger partial charge in [-0.15, -0.1) is 0 Å². The molecule has 3 nitrogen and oxygen atoms in total. The van der Waals surface area contributed by atoms with E-state index in [4.69, 9.17) is 0 Å². The van der Waals surface area contributed by atoms with Crippen LogP contribution in [0.1, 0.15) is 55.7 Å². The van der Waals surface area contributed by atoms with E-state index in [0.29, 0.717) is 12.3 Å². The molecule has 3 atom stereocenters. The first-order valence-corrected chi connectivity index (χ1v) is 9.48. The average molecular weight is 329 g/mol. The molecule has 1 aromatic carbocycles. The number of nitrogens with zero attached hydrogens (tertiary/aromatic N) is 1. The Balaban J connectivity index is 1.60. The van der Waals surface area contributed by atoms with E-state index >= 15 is 0 Å². The molecule has 1 aromatic rings. The van der Waals surface area contributed by atoms with E-state index in [2.05, 4.69) is 39.0 Å². The molecular formula is C21H31NO2. The summed E-state index contributed by atoms with van der Waals surface area (Å²) in [5, 5.41) is 10.9. The molecule has 0 spiro atoms. The van der Waals surface area contributed by atoms with Crippen molar-refractivity contribution in [2.75, 3.05) is 13.1 Å². The maximum absolute atomic E-state index is 12.7. The third-order valence-corrected chi connectivity index (χ3v) is 6.19. The first-order chi connectivity index (χ1) is 11.4. The summed E-state index contributed by atoms with van der Waals surface area (Å²) in [5.41, 5.74) is 3.23. The van der Waals surface area contributed by atoms with Crippen LogP contribution in [0.2, 0.25) is 0 Å². The number of rotatable bonds is 4. The average Bonchev–Trinajstić information content (AvgIpc) is 2.98. The van der Waals surface area contributed by atoms with E-state index < -0.39 is 5.60 Å². The number of hydrogen-bond donors (Lipinski definition) is 1. The third-order valence-electron chi connectivity index (χ3n) is 6.19. The Morgan fingerprint density at radius 3 is 2.62 bits per heavy atom. The smallest absolute Gasteiger partial charge is 0.222 e. The number of aliphatic hydroxyl groups is 1. The molecule has 0 unspecified atom stereocenters. The van der Waals surface area contributed by atoms with Crippen molar-refractivity contribution in [1.82, 2.24) is 4.90 Å². The van der Waals surface area contributed by atoms with Crippen LogP contribution in [0.4, 0.5) is 0 Å². The fourth-order valence-corrected chi connectivity index (χ4v) is 4.89. The Hall–Kier alpha value is -1.35. The summed E-state index contributed by atoms with van der Waals surface area (Å²) in [6.07, 6.45) is 5.34. The lowest BCUT2D eigenvalue weighted by Gasteiger charge is -2.40. The fourth-order valence-electron chi connectivity index (χ4n) is 4.89. The minimum atomic E-state index is -0.550. The lowest BCUT2D eigenvalue weighted by Crippen LogP contribution is -2.44. The maximum atomic E-state index is 12.7. The van der Waals surface area contributed by atoms with Crippen molar-refractivity contribution >= 4 is 5.91 Å². The van der Waals surface area contributed by atoms with Crippen LogP contribution in [0.5, 0.6) is 0 Å². The molecule has 0 aromatic heterocycles. The molecule has 132 valence electrons. The standard InChI is InChI=1S/C21H31NO2/c1-4-21(24)9-5-6-18-13-22(14-19(18)21)20(23)8-7-17-11-15(2)10-16(3)12-17/h10-12,18-19,24H,4-9,13-14H2,1-3H3/t18-,19+,21-/m1/s1. The van der Waals surface area contributed by atoms with Crippen LogP contribution in [0, 0.1) is 25.7 Å². The highest BCUT2D eigenvalue weighted by molar-refractivity contribution is 5.76. The number of aryl methyl sites for hydroxylation is 3. The highest BCUT2D eigenvalue weighted by atomic mass is 16.3. The van der Waals surface area contributed by atoms with Crippen molar-refractivity contribution in [3.05, 3.63) is 34.9 Å². The van der Waals surface area contributed by atoms with Gasteiger partial charge in [-0.05, 0) is 51.0 Å². The lowest BCUT2D eigenvalue weighted by atomic mass is 9.69. The number of carbonyl (C=O) groups excluding carboxylic acids is 1. The second kappa shape index (κ2) is 6.87. The van der Waals surface area contributed by atoms with Crippen LogP contribution in [0.3, 0.4) is 0 Å². The molecule has 1 aliphatic carbocycles. The molecule has 1 saturated carbocycles. The van der Waals surface area contributed by atoms with Crippen molar-refractivity contribution in [2.45, 2.75) is 64.9 Å². The summed E-state index contributed by atoms with van der Waals surface area (Å²) in [4.78, 5) is 14.7. The number of amides is 1. The van der Waals surface area contributed by atoms with Gasteiger partial charge < -0.3 is 10.0 Å². The zero-order chi connectivity index (χ0) is 17.3. The molecule has 2 aliphatic rings. The predicted molar refractivity (Wildman–Crippen MR) is 96.9 cm³/mol. The summed E-state index contributed by atoms with van der Waals surface area (Å²) >= 11 is 0. The summed E-state index contributed by atoms with van der Waals surface area (Å²) < 4.78 is 0. The topological polar surface area (TPSA) is 40.5 Å². The van der Waals surface area contributed by atoms with E-state index in [9.17, 15) is 9.90 Å². The number of hydrogen-bond acceptors (Lipinski definition) is 2. The second-order valence-corrected chi connectivity index (χ2v) is 8.01. The zero-order valence-corrected chi connectivity index (χ0v) is 15.3. The first-order valence-electron chi connectivity index (χ1n) is 9.48. The van der Waals surface area contributed by atoms with Gasteiger partial charge in [-0.3, -0.25) is 4.79 Å². The van der Waals surface area contributed by atoms with Gasteiger partial charge in [0.2, 0.25) is 5.91 Å². The molecule has 1 heterocycles. The number of carbonyl (C=O) groups is 1. The van der Waals surface area contributed by atoms with Crippen molar-refractivity contribution in [2.24, 2.45) is 11.8 Å². The maximum Gasteiger partial charge on any atom is 0.222 e. The number of benzene rings is 1. The van der Waals surface area contributed by atoms with Crippen molar-refractivity contribution in [3.63, 3.8) is 0 Å². The van der Waals surface area contributed by atoms with Gasteiger partial charge in [0.05, 0.1) is 5.60 Å². The van der Waals surface area contributed by atoms with Gasteiger partial charge in [-0.25, -0.2) is 0 Å². The Bertz CT molecular complexity index is 592. The third kappa shape index (κ3) is 3.51. The molecular weight excluding hydrogens is 298 g/mol. The molecule has 0 radical (unpaired) electrons. The van der Waals surface area contributed by atoms with Gasteiger partial charge in [0.1, 0.15) is 0 Å². The van der Waals surface area contributed by atoms with Crippen LogP contribution in [0.15, 0.2) is 18.2 Å². The lowest BCUT2D eigenvalue weighted by molar-refractivity contribution is -0.130. The molecule has 3 heteroatoms. The minimum absolute atomic E-state index is 0.252. The largest absolute Gasteiger partial charge is 0.390 e. The Morgan fingerprint density at radius 1 is 1.25 bits per heavy atom. The summed E-state index contributed by atoms with van der Waals surface area (Å²) in [7, 11) is 0. The van der Waals surface area contributed by atoms with Gasteiger partial charge in [-0.1, -0.05) is 42.7 Å². The predicted octanol–water partition coefficient (Wildman–Crippen LogP) is 3.64. The molecule has 1 saturated heterocycles. The van der Waals surface area contributed by atoms with Gasteiger partial charge in [0.25, 0.3) is 0 Å². The van der Waals surface area contributed by atoms with E-state index in [-0.39, 0.29) is 11.8 Å². The monoisotopic (exact) mass is 329 g/mol. The summed E-state index contributed by atoms with van der Waals surface area (Å²) in [6, 6.07) is 6.53. The van der Waals surface area contributed by atoms with E-state index in [1.54, 1.807) is 0 Å². The summed E-state index contributed by atoms with van der Waals surface area (Å²) in [6.45, 7) is 7.89. The first kappa shape index (κ1) is 17.5. The second-order valence-electron chi connectivity index (χ2n) is 8.01. The van der Waals surface area contributed by atoms with E-state index in [1.807, 2.05) is 4.90 Å². The normalized spacial score (nSPS) is 29.6. The molecule has 1 N–H and O–H groups in total. The summed E-state index contributed by atoms with van der Waals surface area (Å²) in [5.74, 6) is 1.03. The van der Waals surface area contributed by atoms with Crippen molar-refractivity contribution in [3.8, 4) is 0 Å². The highest BCUT2D eigenvalue weighted by Gasteiger charge is 2.48. The zero-order valence-electron chi connectivity index (χ0n) is 15.3. The van der Waals surface area contributed by atoms with Crippen LogP contribution < -0.4 is 0 Å². The minimum Gasteiger partial charge on any atom is -0.390 e. The molecule has 24 heavy (non-hydrogen) atoms. The molecule has 2 fully saturated rings. The Labute approximate surface area is 146 Å². The SMILES string of the molecule is CC[C@@]1(O)CCC[C@@H]2CN(C(=O)CCc3cc(C)cc(C)c3)C[C@@H]21. The quantitative estimate of drug-likeness (QED) is 0.916. The molecule has 1 amide bonds. The molecule has 1 aliphatic heterocycles. The molecule has 0 bridgehead atoms. The van der Waals surface area contributed by atoms with E-state index in [1.165, 1.54) is 16.7 Å². The fraction of sp³-hybridized carbons (Fsp3) is 0.667. The van der Waals surface area contributed by atoms with Crippen LogP contribution >= 0.6 is 0 Å². The van der Waals surface area contributed by atoms with Crippen LogP contribution in [-0.2, 0) is 11.2 Å².